The Hall–Kier alpha value is -7.20. The molecule has 60 heavy (non-hydrogen) atoms. The van der Waals surface area contributed by atoms with E-state index in [1.807, 2.05) is 18.3 Å². The molecule has 0 amide bonds. The minimum atomic E-state index is -1.30. The number of nitrogens with zero attached hydrogens (tertiary/aromatic N) is 2. The fraction of sp³-hybridized carbons (Fsp3) is 0.0351. The van der Waals surface area contributed by atoms with Gasteiger partial charge < -0.3 is 0 Å². The largest absolute Gasteiger partial charge is 0.295 e. The standard InChI is InChI=1S/C57H42N2S/c1-60(2)53-36-39(28-29-40-31-35-55(58-38-40)59(43-18-5-3-6-19-43)44-20-7-4-8-21-44)30-33-46(53)47-34-32-42(37-54(47)60)56-49-23-11-13-25-51(49)57(52-26-14-12-24-50(52)56)48-27-15-17-41-16-9-10-22-45(41)48/h3-38H,1-2H3/b29-28+. The van der Waals surface area contributed by atoms with Crippen LogP contribution < -0.4 is 4.90 Å². The van der Waals surface area contributed by atoms with Gasteiger partial charge >= 0.3 is 0 Å². The molecule has 3 heteroatoms. The van der Waals surface area contributed by atoms with Crippen LogP contribution in [0.2, 0.25) is 0 Å². The second kappa shape index (κ2) is 14.6. The first kappa shape index (κ1) is 35.9. The fourth-order valence-corrected chi connectivity index (χ4v) is 11.8. The Bertz CT molecular complexity index is 3180. The molecule has 0 N–H and O–H groups in total. The predicted octanol–water partition coefficient (Wildman–Crippen LogP) is 16.0. The van der Waals surface area contributed by atoms with Crippen LogP contribution in [0.3, 0.4) is 0 Å². The van der Waals surface area contributed by atoms with Crippen molar-refractivity contribution in [2.45, 2.75) is 9.79 Å². The van der Waals surface area contributed by atoms with E-state index in [1.54, 1.807) is 0 Å². The van der Waals surface area contributed by atoms with Gasteiger partial charge in [-0.1, -0.05) is 164 Å². The van der Waals surface area contributed by atoms with Crippen molar-refractivity contribution in [2.75, 3.05) is 17.4 Å². The zero-order chi connectivity index (χ0) is 40.2. The highest BCUT2D eigenvalue weighted by Crippen LogP contribution is 2.68. The third-order valence-electron chi connectivity index (χ3n) is 12.2. The highest BCUT2D eigenvalue weighted by atomic mass is 32.3. The number of para-hydroxylation sites is 2. The van der Waals surface area contributed by atoms with Crippen LogP contribution in [0.1, 0.15) is 11.1 Å². The number of anilines is 3. The lowest BCUT2D eigenvalue weighted by Crippen LogP contribution is -2.11. The molecule has 0 bridgehead atoms. The maximum atomic E-state index is 4.93. The Labute approximate surface area is 353 Å². The van der Waals surface area contributed by atoms with Gasteiger partial charge in [-0.15, -0.1) is 0 Å². The van der Waals surface area contributed by atoms with E-state index in [0.29, 0.717) is 0 Å². The van der Waals surface area contributed by atoms with Crippen molar-refractivity contribution in [2.24, 2.45) is 0 Å². The van der Waals surface area contributed by atoms with E-state index >= 15 is 0 Å². The van der Waals surface area contributed by atoms with Crippen molar-refractivity contribution in [3.63, 3.8) is 0 Å². The maximum absolute atomic E-state index is 4.93. The summed E-state index contributed by atoms with van der Waals surface area (Å²) in [4.78, 5) is 10.0. The van der Waals surface area contributed by atoms with Gasteiger partial charge in [-0.3, -0.25) is 4.90 Å². The van der Waals surface area contributed by atoms with Gasteiger partial charge in [0.15, 0.2) is 0 Å². The van der Waals surface area contributed by atoms with E-state index < -0.39 is 10.0 Å². The molecule has 0 aliphatic carbocycles. The minimum absolute atomic E-state index is 0.881. The first-order chi connectivity index (χ1) is 29.5. The molecule has 2 heterocycles. The number of hydrogen-bond donors (Lipinski definition) is 0. The predicted molar refractivity (Wildman–Crippen MR) is 259 cm³/mol. The van der Waals surface area contributed by atoms with E-state index in [4.69, 9.17) is 4.98 Å². The zero-order valence-corrected chi connectivity index (χ0v) is 34.4. The van der Waals surface area contributed by atoms with Crippen LogP contribution in [0.15, 0.2) is 216 Å². The van der Waals surface area contributed by atoms with Gasteiger partial charge in [-0.05, 0) is 138 Å². The van der Waals surface area contributed by atoms with E-state index in [9.17, 15) is 0 Å². The summed E-state index contributed by atoms with van der Waals surface area (Å²) in [5.74, 6) is 0.881. The summed E-state index contributed by atoms with van der Waals surface area (Å²) in [5, 5.41) is 7.67. The summed E-state index contributed by atoms with van der Waals surface area (Å²) in [6, 6.07) is 72.8. The third kappa shape index (κ3) is 6.01. The van der Waals surface area contributed by atoms with Crippen molar-refractivity contribution >= 4 is 71.7 Å². The molecule has 1 aromatic heterocycles. The molecule has 0 atom stereocenters. The Balaban J connectivity index is 0.944. The lowest BCUT2D eigenvalue weighted by Gasteiger charge is -2.29. The van der Waals surface area contributed by atoms with Crippen LogP contribution in [0, 0.1) is 0 Å². The Morgan fingerprint density at radius 3 is 1.57 bits per heavy atom. The second-order valence-corrected chi connectivity index (χ2v) is 19.5. The summed E-state index contributed by atoms with van der Waals surface area (Å²) in [7, 11) is -1.30. The SMILES string of the molecule is CS1(C)c2cc(/C=C/c3ccc(N(c4ccccc4)c4ccccc4)nc3)ccc2-c2ccc(-c3c4ccccc4c(-c4cccc5ccccc45)c4ccccc34)cc21. The van der Waals surface area contributed by atoms with Gasteiger partial charge in [-0.25, -0.2) is 4.98 Å². The normalized spacial score (nSPS) is 13.4. The van der Waals surface area contributed by atoms with Gasteiger partial charge in [0.05, 0.1) is 0 Å². The molecule has 0 saturated carbocycles. The number of rotatable bonds is 7. The minimum Gasteiger partial charge on any atom is -0.295 e. The monoisotopic (exact) mass is 786 g/mol. The first-order valence-electron chi connectivity index (χ1n) is 20.5. The molecule has 2 nitrogen and oxygen atoms in total. The van der Waals surface area contributed by atoms with Gasteiger partial charge in [0.2, 0.25) is 0 Å². The Morgan fingerprint density at radius 2 is 0.933 bits per heavy atom. The molecule has 0 saturated heterocycles. The quantitative estimate of drug-likeness (QED) is 0.150. The van der Waals surface area contributed by atoms with Gasteiger partial charge in [0.25, 0.3) is 0 Å². The van der Waals surface area contributed by atoms with E-state index in [-0.39, 0.29) is 0 Å². The number of pyridine rings is 1. The van der Waals surface area contributed by atoms with E-state index in [2.05, 4.69) is 218 Å². The average Bonchev–Trinajstić information content (AvgIpc) is 3.53. The molecular formula is C57H42N2S. The van der Waals surface area contributed by atoms with Crippen LogP contribution >= 0.6 is 10.0 Å². The van der Waals surface area contributed by atoms with Crippen LogP contribution in [-0.4, -0.2) is 17.5 Å². The summed E-state index contributed by atoms with van der Waals surface area (Å²) >= 11 is 0. The maximum Gasteiger partial charge on any atom is 0.137 e. The smallest absolute Gasteiger partial charge is 0.137 e. The Morgan fingerprint density at radius 1 is 0.417 bits per heavy atom. The molecule has 1 aliphatic rings. The molecule has 0 fully saturated rings. The van der Waals surface area contributed by atoms with Crippen LogP contribution in [0.25, 0.3) is 77.9 Å². The van der Waals surface area contributed by atoms with Crippen LogP contribution in [0.4, 0.5) is 17.2 Å². The summed E-state index contributed by atoms with van der Waals surface area (Å²) in [6.45, 7) is 0. The number of benzene rings is 9. The molecule has 11 rings (SSSR count). The van der Waals surface area contributed by atoms with Gasteiger partial charge in [0, 0.05) is 27.4 Å². The molecule has 286 valence electrons. The second-order valence-electron chi connectivity index (χ2n) is 16.0. The van der Waals surface area contributed by atoms with Crippen molar-refractivity contribution in [1.29, 1.82) is 0 Å². The first-order valence-corrected chi connectivity index (χ1v) is 23.0. The van der Waals surface area contributed by atoms with Crippen molar-refractivity contribution < 1.29 is 0 Å². The summed E-state index contributed by atoms with van der Waals surface area (Å²) in [6.07, 6.45) is 11.3. The summed E-state index contributed by atoms with van der Waals surface area (Å²) < 4.78 is 0. The van der Waals surface area contributed by atoms with Crippen molar-refractivity contribution in [3.8, 4) is 33.4 Å². The number of aromatic nitrogens is 1. The summed E-state index contributed by atoms with van der Waals surface area (Å²) in [5.41, 5.74) is 12.3. The van der Waals surface area contributed by atoms with Gasteiger partial charge in [-0.2, -0.15) is 10.0 Å². The molecule has 0 spiro atoms. The lowest BCUT2D eigenvalue weighted by atomic mass is 9.84. The third-order valence-corrected chi connectivity index (χ3v) is 15.0. The molecule has 1 aliphatic heterocycles. The topological polar surface area (TPSA) is 16.1 Å². The zero-order valence-electron chi connectivity index (χ0n) is 33.6. The highest BCUT2D eigenvalue weighted by Gasteiger charge is 2.32. The number of hydrogen-bond acceptors (Lipinski definition) is 2. The molecule has 9 aromatic carbocycles. The lowest BCUT2D eigenvalue weighted by molar-refractivity contribution is 1.18. The van der Waals surface area contributed by atoms with Gasteiger partial charge in [0.1, 0.15) is 5.82 Å². The fourth-order valence-electron chi connectivity index (χ4n) is 9.29. The molecule has 0 radical (unpaired) electrons. The van der Waals surface area contributed by atoms with E-state index in [0.717, 1.165) is 22.8 Å². The van der Waals surface area contributed by atoms with Crippen molar-refractivity contribution in [3.05, 3.63) is 218 Å². The number of fused-ring (bicyclic) bond motifs is 6. The van der Waals surface area contributed by atoms with Crippen LogP contribution in [-0.2, 0) is 0 Å². The molecular weight excluding hydrogens is 745 g/mol. The molecule has 10 aromatic rings. The average molecular weight is 787 g/mol. The van der Waals surface area contributed by atoms with E-state index in [1.165, 1.54) is 81.1 Å². The molecule has 0 unspecified atom stereocenters. The van der Waals surface area contributed by atoms with Crippen molar-refractivity contribution in [1.82, 2.24) is 4.98 Å². The highest BCUT2D eigenvalue weighted by molar-refractivity contribution is 8.33. The van der Waals surface area contributed by atoms with Crippen LogP contribution in [0.5, 0.6) is 0 Å². The Kier molecular flexibility index (Phi) is 8.72.